The van der Waals surface area contributed by atoms with Crippen LogP contribution in [-0.4, -0.2) is 30.4 Å². The summed E-state index contributed by atoms with van der Waals surface area (Å²) in [4.78, 5) is 29.1. The van der Waals surface area contributed by atoms with Crippen molar-refractivity contribution < 1.29 is 19.1 Å². The number of aromatic nitrogens is 1. The van der Waals surface area contributed by atoms with E-state index in [-0.39, 0.29) is 18.3 Å². The molecule has 0 aliphatic rings. The standard InChI is InChI=1S/C21H20N2O4S/c1-13(24)16-5-4-6-18(11-16)27-12-19(25)22-21-23-20(14(2)28-21)15-7-9-17(26-3)10-8-15/h4-11H,12H2,1-3H3,(H,22,23,25). The lowest BCUT2D eigenvalue weighted by molar-refractivity contribution is -0.118. The molecule has 144 valence electrons. The molecule has 0 radical (unpaired) electrons. The molecular formula is C21H20N2O4S. The van der Waals surface area contributed by atoms with E-state index in [2.05, 4.69) is 10.3 Å². The van der Waals surface area contributed by atoms with Gasteiger partial charge in [0.2, 0.25) is 0 Å². The van der Waals surface area contributed by atoms with Gasteiger partial charge in [0.25, 0.3) is 5.91 Å². The lowest BCUT2D eigenvalue weighted by Crippen LogP contribution is -2.20. The van der Waals surface area contributed by atoms with Crippen molar-refractivity contribution in [1.29, 1.82) is 0 Å². The molecule has 0 bridgehead atoms. The maximum Gasteiger partial charge on any atom is 0.264 e. The smallest absolute Gasteiger partial charge is 0.264 e. The lowest BCUT2D eigenvalue weighted by atomic mass is 10.1. The first-order valence-electron chi connectivity index (χ1n) is 8.62. The molecule has 0 aliphatic heterocycles. The van der Waals surface area contributed by atoms with Crippen molar-refractivity contribution in [3.63, 3.8) is 0 Å². The van der Waals surface area contributed by atoms with Crippen LogP contribution in [0.3, 0.4) is 0 Å². The van der Waals surface area contributed by atoms with E-state index in [9.17, 15) is 9.59 Å². The molecule has 0 aliphatic carbocycles. The number of rotatable bonds is 7. The summed E-state index contributed by atoms with van der Waals surface area (Å²) in [7, 11) is 1.62. The summed E-state index contributed by atoms with van der Waals surface area (Å²) in [6.07, 6.45) is 0. The number of amides is 1. The number of nitrogens with one attached hydrogen (secondary N) is 1. The van der Waals surface area contributed by atoms with E-state index >= 15 is 0 Å². The Morgan fingerprint density at radius 1 is 1.11 bits per heavy atom. The van der Waals surface area contributed by atoms with Gasteiger partial charge in [-0.2, -0.15) is 0 Å². The Labute approximate surface area is 167 Å². The van der Waals surface area contributed by atoms with Gasteiger partial charge in [-0.1, -0.05) is 12.1 Å². The SMILES string of the molecule is COc1ccc(-c2nc(NC(=O)COc3cccc(C(C)=O)c3)sc2C)cc1. The number of ketones is 1. The Bertz CT molecular complexity index is 996. The van der Waals surface area contributed by atoms with Crippen molar-refractivity contribution in [1.82, 2.24) is 4.98 Å². The molecule has 6 nitrogen and oxygen atoms in total. The summed E-state index contributed by atoms with van der Waals surface area (Å²) in [5, 5.41) is 3.26. The fourth-order valence-corrected chi connectivity index (χ4v) is 3.43. The van der Waals surface area contributed by atoms with Gasteiger partial charge in [0.15, 0.2) is 17.5 Å². The van der Waals surface area contributed by atoms with Crippen molar-refractivity contribution in [2.24, 2.45) is 0 Å². The van der Waals surface area contributed by atoms with Crippen molar-refractivity contribution in [3.05, 3.63) is 59.0 Å². The highest BCUT2D eigenvalue weighted by atomic mass is 32.1. The van der Waals surface area contributed by atoms with Crippen LogP contribution >= 0.6 is 11.3 Å². The van der Waals surface area contributed by atoms with Gasteiger partial charge in [0, 0.05) is 16.0 Å². The molecule has 2 aromatic carbocycles. The highest BCUT2D eigenvalue weighted by Crippen LogP contribution is 2.31. The Morgan fingerprint density at radius 2 is 1.86 bits per heavy atom. The van der Waals surface area contributed by atoms with Crippen LogP contribution in [0.5, 0.6) is 11.5 Å². The molecule has 0 spiro atoms. The van der Waals surface area contributed by atoms with E-state index in [4.69, 9.17) is 9.47 Å². The van der Waals surface area contributed by atoms with Gasteiger partial charge in [0.1, 0.15) is 11.5 Å². The second kappa shape index (κ2) is 8.67. The largest absolute Gasteiger partial charge is 0.497 e. The summed E-state index contributed by atoms with van der Waals surface area (Å²) >= 11 is 1.40. The molecule has 0 fully saturated rings. The van der Waals surface area contributed by atoms with Crippen LogP contribution in [0.4, 0.5) is 5.13 Å². The molecule has 3 rings (SSSR count). The molecule has 1 aromatic heterocycles. The first-order valence-corrected chi connectivity index (χ1v) is 9.43. The third-order valence-electron chi connectivity index (χ3n) is 4.02. The fraction of sp³-hybridized carbons (Fsp3) is 0.190. The minimum atomic E-state index is -0.316. The average Bonchev–Trinajstić information content (AvgIpc) is 3.06. The molecule has 0 unspecified atom stereocenters. The Kier molecular flexibility index (Phi) is 6.06. The van der Waals surface area contributed by atoms with E-state index in [1.165, 1.54) is 18.3 Å². The van der Waals surface area contributed by atoms with Crippen molar-refractivity contribution in [2.45, 2.75) is 13.8 Å². The number of benzene rings is 2. The molecular weight excluding hydrogens is 376 g/mol. The maximum absolute atomic E-state index is 12.2. The zero-order valence-electron chi connectivity index (χ0n) is 15.8. The first-order chi connectivity index (χ1) is 13.5. The lowest BCUT2D eigenvalue weighted by Gasteiger charge is -2.06. The third kappa shape index (κ3) is 4.75. The highest BCUT2D eigenvalue weighted by Gasteiger charge is 2.13. The van der Waals surface area contributed by atoms with E-state index in [1.807, 2.05) is 31.2 Å². The quantitative estimate of drug-likeness (QED) is 0.601. The van der Waals surface area contributed by atoms with Crippen LogP contribution < -0.4 is 14.8 Å². The Balaban J connectivity index is 1.63. The highest BCUT2D eigenvalue weighted by molar-refractivity contribution is 7.16. The summed E-state index contributed by atoms with van der Waals surface area (Å²) in [5.74, 6) is 0.871. The van der Waals surface area contributed by atoms with Crippen LogP contribution in [0.2, 0.25) is 0 Å². The third-order valence-corrected chi connectivity index (χ3v) is 4.90. The molecule has 0 atom stereocenters. The van der Waals surface area contributed by atoms with Crippen LogP contribution in [-0.2, 0) is 4.79 Å². The maximum atomic E-state index is 12.2. The minimum Gasteiger partial charge on any atom is -0.497 e. The number of nitrogens with zero attached hydrogens (tertiary/aromatic N) is 1. The van der Waals surface area contributed by atoms with E-state index in [0.717, 1.165) is 21.9 Å². The number of aryl methyl sites for hydroxylation is 1. The number of Topliss-reactive ketones (excluding diaryl/α,β-unsaturated/α-hetero) is 1. The minimum absolute atomic E-state index is 0.0563. The van der Waals surface area contributed by atoms with E-state index in [1.54, 1.807) is 31.4 Å². The number of hydrogen-bond acceptors (Lipinski definition) is 6. The number of methoxy groups -OCH3 is 1. The molecule has 1 amide bonds. The van der Waals surface area contributed by atoms with Gasteiger partial charge < -0.3 is 9.47 Å². The second-order valence-corrected chi connectivity index (χ2v) is 7.28. The van der Waals surface area contributed by atoms with Crippen molar-refractivity contribution in [2.75, 3.05) is 19.0 Å². The predicted octanol–water partition coefficient (Wildman–Crippen LogP) is 4.35. The van der Waals surface area contributed by atoms with Gasteiger partial charge in [0.05, 0.1) is 12.8 Å². The number of carbonyl (C=O) groups excluding carboxylic acids is 2. The van der Waals surface area contributed by atoms with Gasteiger partial charge in [-0.15, -0.1) is 11.3 Å². The summed E-state index contributed by atoms with van der Waals surface area (Å²) in [6, 6.07) is 14.3. The Hall–Kier alpha value is -3.19. The van der Waals surface area contributed by atoms with Crippen molar-refractivity contribution in [3.8, 4) is 22.8 Å². The number of carbonyl (C=O) groups is 2. The number of hydrogen-bond donors (Lipinski definition) is 1. The molecule has 3 aromatic rings. The van der Waals surface area contributed by atoms with Crippen LogP contribution in [0.25, 0.3) is 11.3 Å². The molecule has 7 heteroatoms. The molecule has 1 heterocycles. The summed E-state index contributed by atoms with van der Waals surface area (Å²) < 4.78 is 10.6. The summed E-state index contributed by atoms with van der Waals surface area (Å²) in [5.41, 5.74) is 2.31. The average molecular weight is 396 g/mol. The van der Waals surface area contributed by atoms with Gasteiger partial charge in [-0.25, -0.2) is 4.98 Å². The predicted molar refractivity (Wildman–Crippen MR) is 109 cm³/mol. The van der Waals surface area contributed by atoms with Crippen molar-refractivity contribution >= 4 is 28.2 Å². The number of anilines is 1. The van der Waals surface area contributed by atoms with Crippen LogP contribution in [0.15, 0.2) is 48.5 Å². The molecule has 1 N–H and O–H groups in total. The summed E-state index contributed by atoms with van der Waals surface area (Å²) in [6.45, 7) is 3.27. The molecule has 0 saturated carbocycles. The van der Waals surface area contributed by atoms with Gasteiger partial charge in [-0.3, -0.25) is 14.9 Å². The Morgan fingerprint density at radius 3 is 2.54 bits per heavy atom. The number of thiazole rings is 1. The monoisotopic (exact) mass is 396 g/mol. The zero-order chi connectivity index (χ0) is 20.1. The van der Waals surface area contributed by atoms with Crippen LogP contribution in [0, 0.1) is 6.92 Å². The zero-order valence-corrected chi connectivity index (χ0v) is 16.6. The number of ether oxygens (including phenoxy) is 2. The van der Waals surface area contributed by atoms with Gasteiger partial charge >= 0.3 is 0 Å². The van der Waals surface area contributed by atoms with E-state index < -0.39 is 0 Å². The van der Waals surface area contributed by atoms with Crippen LogP contribution in [0.1, 0.15) is 22.2 Å². The second-order valence-electron chi connectivity index (χ2n) is 6.07. The van der Waals surface area contributed by atoms with E-state index in [0.29, 0.717) is 16.4 Å². The first kappa shape index (κ1) is 19.6. The topological polar surface area (TPSA) is 77.5 Å². The molecule has 0 saturated heterocycles. The van der Waals surface area contributed by atoms with Gasteiger partial charge in [-0.05, 0) is 50.2 Å². The normalized spacial score (nSPS) is 10.4. The fourth-order valence-electron chi connectivity index (χ4n) is 2.58. The molecule has 28 heavy (non-hydrogen) atoms.